The van der Waals surface area contributed by atoms with Crippen LogP contribution >= 0.6 is 11.6 Å². The number of nitrogens with zero attached hydrogens (tertiary/aromatic N) is 2. The molecule has 0 aliphatic carbocycles. The van der Waals surface area contributed by atoms with Gasteiger partial charge < -0.3 is 10.1 Å². The Hall–Kier alpha value is -2.11. The molecule has 0 saturated heterocycles. The van der Waals surface area contributed by atoms with Crippen LogP contribution in [0.1, 0.15) is 28.8 Å². The van der Waals surface area contributed by atoms with Crippen LogP contribution in [0, 0.1) is 13.8 Å². The lowest BCUT2D eigenvalue weighted by molar-refractivity contribution is -0.116. The number of nitrogens with one attached hydrogen (secondary N) is 1. The molecule has 6 heteroatoms. The number of benzene rings is 1. The van der Waals surface area contributed by atoms with Gasteiger partial charge in [-0.25, -0.2) is 4.68 Å². The minimum absolute atomic E-state index is 0.155. The summed E-state index contributed by atoms with van der Waals surface area (Å²) in [5.74, 6) is -0.155. The van der Waals surface area contributed by atoms with Gasteiger partial charge in [-0.1, -0.05) is 41.4 Å². The number of aromatic nitrogens is 2. The number of ether oxygens (including phenoxy) is 1. The van der Waals surface area contributed by atoms with Gasteiger partial charge in [-0.15, -0.1) is 0 Å². The fourth-order valence-corrected chi connectivity index (χ4v) is 2.67. The Balaban J connectivity index is 2.02. The van der Waals surface area contributed by atoms with E-state index in [-0.39, 0.29) is 5.91 Å². The molecule has 1 amide bonds. The SMILES string of the molecule is COCCCNC(=O)/C=C/c1c(C)nn(Cc2ccc(C)cc2)c1Cl. The van der Waals surface area contributed by atoms with Crippen LogP contribution in [0.15, 0.2) is 30.3 Å². The summed E-state index contributed by atoms with van der Waals surface area (Å²) in [7, 11) is 1.64. The Morgan fingerprint density at radius 2 is 2.04 bits per heavy atom. The van der Waals surface area contributed by atoms with Crippen molar-refractivity contribution < 1.29 is 9.53 Å². The molecule has 2 rings (SSSR count). The minimum Gasteiger partial charge on any atom is -0.385 e. The van der Waals surface area contributed by atoms with E-state index >= 15 is 0 Å². The summed E-state index contributed by atoms with van der Waals surface area (Å²) >= 11 is 6.44. The molecule has 0 radical (unpaired) electrons. The lowest BCUT2D eigenvalue weighted by atomic mass is 10.1. The van der Waals surface area contributed by atoms with Gasteiger partial charge in [-0.05, 0) is 31.9 Å². The lowest BCUT2D eigenvalue weighted by Gasteiger charge is -2.04. The fourth-order valence-electron chi connectivity index (χ4n) is 2.37. The second-order valence-electron chi connectivity index (χ2n) is 5.90. The zero-order valence-corrected chi connectivity index (χ0v) is 15.6. The highest BCUT2D eigenvalue weighted by atomic mass is 35.5. The maximum Gasteiger partial charge on any atom is 0.244 e. The second-order valence-corrected chi connectivity index (χ2v) is 6.26. The second kappa shape index (κ2) is 9.39. The van der Waals surface area contributed by atoms with Crippen molar-refractivity contribution in [1.29, 1.82) is 0 Å². The summed E-state index contributed by atoms with van der Waals surface area (Å²) in [5, 5.41) is 7.81. The van der Waals surface area contributed by atoms with Crippen LogP contribution in [0.5, 0.6) is 0 Å². The van der Waals surface area contributed by atoms with Gasteiger partial charge in [0.1, 0.15) is 5.15 Å². The number of aryl methyl sites for hydroxylation is 2. The van der Waals surface area contributed by atoms with Crippen LogP contribution in [0.2, 0.25) is 5.15 Å². The summed E-state index contributed by atoms with van der Waals surface area (Å²) in [5.41, 5.74) is 3.90. The molecule has 0 aliphatic heterocycles. The highest BCUT2D eigenvalue weighted by Crippen LogP contribution is 2.22. The van der Waals surface area contributed by atoms with E-state index in [1.165, 1.54) is 11.6 Å². The van der Waals surface area contributed by atoms with Crippen molar-refractivity contribution in [1.82, 2.24) is 15.1 Å². The molecule has 134 valence electrons. The Morgan fingerprint density at radius 1 is 1.32 bits per heavy atom. The molecule has 1 aromatic carbocycles. The topological polar surface area (TPSA) is 56.1 Å². The summed E-state index contributed by atoms with van der Waals surface area (Å²) in [4.78, 5) is 11.8. The third kappa shape index (κ3) is 5.73. The normalized spacial score (nSPS) is 11.2. The molecule has 0 fully saturated rings. The molecule has 5 nitrogen and oxygen atoms in total. The van der Waals surface area contributed by atoms with Crippen molar-refractivity contribution >= 4 is 23.6 Å². The van der Waals surface area contributed by atoms with Crippen LogP contribution in [0.25, 0.3) is 6.08 Å². The molecule has 25 heavy (non-hydrogen) atoms. The van der Waals surface area contributed by atoms with Crippen molar-refractivity contribution in [3.63, 3.8) is 0 Å². The van der Waals surface area contributed by atoms with E-state index in [0.717, 1.165) is 23.2 Å². The Labute approximate surface area is 153 Å². The van der Waals surface area contributed by atoms with E-state index < -0.39 is 0 Å². The average Bonchev–Trinajstić information content (AvgIpc) is 2.85. The van der Waals surface area contributed by atoms with Gasteiger partial charge in [-0.3, -0.25) is 4.79 Å². The first-order valence-electron chi connectivity index (χ1n) is 8.24. The smallest absolute Gasteiger partial charge is 0.244 e. The predicted molar refractivity (Wildman–Crippen MR) is 101 cm³/mol. The Kier molecular flexibility index (Phi) is 7.22. The first-order chi connectivity index (χ1) is 12.0. The fraction of sp³-hybridized carbons (Fsp3) is 0.368. The van der Waals surface area contributed by atoms with Crippen molar-refractivity contribution in [3.8, 4) is 0 Å². The summed E-state index contributed by atoms with van der Waals surface area (Å²) in [6.07, 6.45) is 3.98. The molecule has 0 bridgehead atoms. The van der Waals surface area contributed by atoms with Crippen molar-refractivity contribution in [2.45, 2.75) is 26.8 Å². The number of halogens is 1. The maximum atomic E-state index is 11.8. The number of hydrogen-bond acceptors (Lipinski definition) is 3. The predicted octanol–water partition coefficient (Wildman–Crippen LogP) is 3.37. The van der Waals surface area contributed by atoms with Crippen molar-refractivity contribution in [2.75, 3.05) is 20.3 Å². The Bertz CT molecular complexity index is 736. The highest BCUT2D eigenvalue weighted by Gasteiger charge is 2.11. The van der Waals surface area contributed by atoms with Crippen molar-refractivity contribution in [3.05, 3.63) is 57.9 Å². The van der Waals surface area contributed by atoms with E-state index in [9.17, 15) is 4.79 Å². The molecule has 0 atom stereocenters. The monoisotopic (exact) mass is 361 g/mol. The van der Waals surface area contributed by atoms with Gasteiger partial charge in [0.25, 0.3) is 0 Å². The molecule has 0 aliphatic rings. The van der Waals surface area contributed by atoms with Crippen LogP contribution in [0.3, 0.4) is 0 Å². The highest BCUT2D eigenvalue weighted by molar-refractivity contribution is 6.31. The zero-order chi connectivity index (χ0) is 18.2. The minimum atomic E-state index is -0.155. The first-order valence-corrected chi connectivity index (χ1v) is 8.62. The van der Waals surface area contributed by atoms with Gasteiger partial charge in [0.15, 0.2) is 0 Å². The first kappa shape index (κ1) is 19.2. The third-order valence-corrected chi connectivity index (χ3v) is 4.19. The van der Waals surface area contributed by atoms with Crippen LogP contribution < -0.4 is 5.32 Å². The molecule has 2 aromatic rings. The number of amides is 1. The molecule has 0 unspecified atom stereocenters. The summed E-state index contributed by atoms with van der Waals surface area (Å²) in [6, 6.07) is 8.25. The molecule has 1 heterocycles. The van der Waals surface area contributed by atoms with Crippen LogP contribution in [-0.4, -0.2) is 35.9 Å². The zero-order valence-electron chi connectivity index (χ0n) is 14.9. The molecular weight excluding hydrogens is 338 g/mol. The van der Waals surface area contributed by atoms with Crippen LogP contribution in [-0.2, 0) is 16.1 Å². The molecular formula is C19H24ClN3O2. The lowest BCUT2D eigenvalue weighted by Crippen LogP contribution is -2.22. The van der Waals surface area contributed by atoms with E-state index in [1.54, 1.807) is 17.9 Å². The van der Waals surface area contributed by atoms with Gasteiger partial charge in [0.2, 0.25) is 5.91 Å². The molecule has 0 saturated carbocycles. The van der Waals surface area contributed by atoms with Gasteiger partial charge >= 0.3 is 0 Å². The van der Waals surface area contributed by atoms with E-state index in [1.807, 2.05) is 6.92 Å². The van der Waals surface area contributed by atoms with Crippen molar-refractivity contribution in [2.24, 2.45) is 0 Å². The largest absolute Gasteiger partial charge is 0.385 e. The number of rotatable bonds is 8. The molecule has 1 N–H and O–H groups in total. The van der Waals surface area contributed by atoms with E-state index in [0.29, 0.717) is 24.8 Å². The molecule has 0 spiro atoms. The van der Waals surface area contributed by atoms with E-state index in [4.69, 9.17) is 16.3 Å². The number of carbonyl (C=O) groups is 1. The summed E-state index contributed by atoms with van der Waals surface area (Å²) < 4.78 is 6.69. The number of methoxy groups -OCH3 is 1. The Morgan fingerprint density at radius 3 is 2.72 bits per heavy atom. The van der Waals surface area contributed by atoms with Crippen LogP contribution in [0.4, 0.5) is 0 Å². The maximum absolute atomic E-state index is 11.8. The number of hydrogen-bond donors (Lipinski definition) is 1. The third-order valence-electron chi connectivity index (χ3n) is 3.79. The van der Waals surface area contributed by atoms with Gasteiger partial charge in [0, 0.05) is 31.9 Å². The molecule has 1 aromatic heterocycles. The quantitative estimate of drug-likeness (QED) is 0.579. The van der Waals surface area contributed by atoms with Gasteiger partial charge in [0.05, 0.1) is 12.2 Å². The van der Waals surface area contributed by atoms with E-state index in [2.05, 4.69) is 41.6 Å². The van der Waals surface area contributed by atoms with Gasteiger partial charge in [-0.2, -0.15) is 5.10 Å². The standard InChI is InChI=1S/C19H24ClN3O2/c1-14-5-7-16(8-6-14)13-23-19(20)17(15(2)22-23)9-10-18(24)21-11-4-12-25-3/h5-10H,4,11-13H2,1-3H3,(H,21,24)/b10-9+. The average molecular weight is 362 g/mol. The summed E-state index contributed by atoms with van der Waals surface area (Å²) in [6.45, 7) is 5.74. The number of carbonyl (C=O) groups excluding carboxylic acids is 1.